The number of aromatic amines is 1. The van der Waals surface area contributed by atoms with E-state index in [1.165, 1.54) is 0 Å². The number of nitrogens with zero attached hydrogens (tertiary/aromatic N) is 6. The van der Waals surface area contributed by atoms with Gasteiger partial charge in [0.05, 0.1) is 18.3 Å². The van der Waals surface area contributed by atoms with Crippen molar-refractivity contribution in [3.05, 3.63) is 42.1 Å². The van der Waals surface area contributed by atoms with Gasteiger partial charge in [0.1, 0.15) is 23.5 Å². The monoisotopic (exact) mass is 667 g/mol. The van der Waals surface area contributed by atoms with E-state index < -0.39 is 5.60 Å². The molecule has 5 heterocycles. The third-order valence-electron chi connectivity index (χ3n) is 10.4. The van der Waals surface area contributed by atoms with Crippen LogP contribution in [0.15, 0.2) is 31.0 Å². The molecule has 3 fully saturated rings. The van der Waals surface area contributed by atoms with Crippen molar-refractivity contribution in [3.63, 3.8) is 0 Å². The maximum atomic E-state index is 12.7. The summed E-state index contributed by atoms with van der Waals surface area (Å²) in [6.45, 7) is 19.2. The van der Waals surface area contributed by atoms with E-state index in [0.29, 0.717) is 31.0 Å². The molecule has 0 aliphatic carbocycles. The second kappa shape index (κ2) is 12.8. The van der Waals surface area contributed by atoms with Crippen LogP contribution in [0.4, 0.5) is 10.6 Å². The highest BCUT2D eigenvalue weighted by Crippen LogP contribution is 2.47. The molecule has 2 aromatic heterocycles. The van der Waals surface area contributed by atoms with Crippen molar-refractivity contribution in [3.8, 4) is 22.9 Å². The Balaban J connectivity index is 1.28. The van der Waals surface area contributed by atoms with E-state index in [4.69, 9.17) is 24.2 Å². The minimum absolute atomic E-state index is 0.0966. The van der Waals surface area contributed by atoms with Crippen LogP contribution in [0.5, 0.6) is 11.8 Å². The molecular weight excluding hydrogens is 618 g/mol. The molecule has 1 N–H and O–H groups in total. The minimum atomic E-state index is -0.502. The van der Waals surface area contributed by atoms with E-state index in [-0.39, 0.29) is 11.5 Å². The molecule has 1 atom stereocenters. The molecule has 1 spiro atoms. The zero-order valence-corrected chi connectivity index (χ0v) is 29.8. The summed E-state index contributed by atoms with van der Waals surface area (Å²) >= 11 is 0. The number of piperidine rings is 1. The number of carbonyl (C=O) groups is 1. The van der Waals surface area contributed by atoms with Crippen molar-refractivity contribution in [2.24, 2.45) is 5.41 Å². The molecule has 0 unspecified atom stereocenters. The maximum Gasteiger partial charge on any atom is 0.410 e. The number of likely N-dealkylation sites (N-methyl/N-ethyl adjacent to an activating group) is 1. The van der Waals surface area contributed by atoms with Crippen LogP contribution < -0.4 is 14.4 Å². The first-order chi connectivity index (χ1) is 23.5. The van der Waals surface area contributed by atoms with Gasteiger partial charge in [0.25, 0.3) is 0 Å². The number of aryl methyl sites for hydroxylation is 1. The Hall–Kier alpha value is -4.38. The van der Waals surface area contributed by atoms with E-state index in [1.54, 1.807) is 0 Å². The smallest absolute Gasteiger partial charge is 0.410 e. The Morgan fingerprint density at radius 1 is 1.10 bits per heavy atom. The second-order valence-corrected chi connectivity index (χ2v) is 15.0. The van der Waals surface area contributed by atoms with Crippen molar-refractivity contribution in [1.82, 2.24) is 30.0 Å². The van der Waals surface area contributed by atoms with Gasteiger partial charge < -0.3 is 28.9 Å². The largest absolute Gasteiger partial charge is 0.491 e. The summed E-state index contributed by atoms with van der Waals surface area (Å²) in [4.78, 5) is 29.4. The molecule has 7 rings (SSSR count). The summed E-state index contributed by atoms with van der Waals surface area (Å²) in [7, 11) is 2.15. The van der Waals surface area contributed by atoms with Gasteiger partial charge in [0, 0.05) is 54.0 Å². The highest BCUT2D eigenvalue weighted by molar-refractivity contribution is 6.07. The summed E-state index contributed by atoms with van der Waals surface area (Å²) in [5.74, 6) is 1.53. The molecule has 1 amide bonds. The maximum absolute atomic E-state index is 12.7. The number of nitrogens with one attached hydrogen (secondary N) is 1. The number of likely N-dealkylation sites (tertiary alicyclic amines) is 2. The summed E-state index contributed by atoms with van der Waals surface area (Å²) in [6.07, 6.45) is 7.70. The number of hydrogen-bond acceptors (Lipinski definition) is 9. The van der Waals surface area contributed by atoms with E-state index in [2.05, 4.69) is 58.7 Å². The number of hydrogen-bond donors (Lipinski definition) is 1. The first kappa shape index (κ1) is 33.1. The van der Waals surface area contributed by atoms with Gasteiger partial charge in [-0.2, -0.15) is 15.1 Å². The Labute approximate surface area is 288 Å². The lowest BCUT2D eigenvalue weighted by Crippen LogP contribution is -2.62. The topological polar surface area (TPSA) is 109 Å². The third-order valence-corrected chi connectivity index (χ3v) is 10.4. The number of anilines is 1. The first-order valence-electron chi connectivity index (χ1n) is 17.6. The van der Waals surface area contributed by atoms with Crippen molar-refractivity contribution in [2.45, 2.75) is 71.9 Å². The van der Waals surface area contributed by atoms with Gasteiger partial charge in [0.2, 0.25) is 0 Å². The summed E-state index contributed by atoms with van der Waals surface area (Å²) < 4.78 is 18.6. The van der Waals surface area contributed by atoms with Crippen LogP contribution in [0, 0.1) is 12.3 Å². The average Bonchev–Trinajstić information content (AvgIpc) is 3.70. The molecule has 3 aliphatic rings. The van der Waals surface area contributed by atoms with Crippen LogP contribution in [0.3, 0.4) is 0 Å². The molecular formula is C38H49N7O4. The fraction of sp³-hybridized carbons (Fsp3) is 0.526. The fourth-order valence-corrected chi connectivity index (χ4v) is 7.78. The van der Waals surface area contributed by atoms with E-state index in [0.717, 1.165) is 108 Å². The number of benzene rings is 2. The third kappa shape index (κ3) is 6.29. The molecule has 11 heteroatoms. The molecule has 4 aromatic rings. The first-order valence-corrected chi connectivity index (χ1v) is 17.6. The summed E-state index contributed by atoms with van der Waals surface area (Å²) in [5.41, 5.74) is 5.30. The van der Waals surface area contributed by atoms with Crippen LogP contribution in [-0.4, -0.2) is 101 Å². The van der Waals surface area contributed by atoms with E-state index in [1.807, 2.05) is 44.9 Å². The Morgan fingerprint density at radius 2 is 1.88 bits per heavy atom. The van der Waals surface area contributed by atoms with Crippen LogP contribution in [0.25, 0.3) is 39.0 Å². The highest BCUT2D eigenvalue weighted by Gasteiger charge is 2.48. The molecule has 0 radical (unpaired) electrons. The number of ether oxygens (including phenoxy) is 3. The predicted octanol–water partition coefficient (Wildman–Crippen LogP) is 6.83. The summed E-state index contributed by atoms with van der Waals surface area (Å²) in [5, 5.41) is 9.40. The lowest BCUT2D eigenvalue weighted by atomic mass is 9.72. The lowest BCUT2D eigenvalue weighted by molar-refractivity contribution is -0.0434. The molecule has 0 saturated carbocycles. The molecule has 11 nitrogen and oxygen atoms in total. The normalized spacial score (nSPS) is 19.4. The van der Waals surface area contributed by atoms with Gasteiger partial charge in [-0.3, -0.25) is 5.10 Å². The number of rotatable bonds is 8. The van der Waals surface area contributed by atoms with Crippen LogP contribution in [0.1, 0.15) is 64.5 Å². The van der Waals surface area contributed by atoms with Gasteiger partial charge in [-0.1, -0.05) is 18.7 Å². The zero-order chi connectivity index (χ0) is 34.5. The van der Waals surface area contributed by atoms with Gasteiger partial charge in [-0.25, -0.2) is 4.79 Å². The lowest BCUT2D eigenvalue weighted by Gasteiger charge is -2.53. The van der Waals surface area contributed by atoms with E-state index >= 15 is 0 Å². The van der Waals surface area contributed by atoms with Gasteiger partial charge in [0.15, 0.2) is 5.75 Å². The quantitative estimate of drug-likeness (QED) is 0.216. The Bertz CT molecular complexity index is 1880. The number of aromatic nitrogens is 4. The number of H-pyrrole nitrogens is 1. The van der Waals surface area contributed by atoms with Gasteiger partial charge in [-0.05, 0) is 103 Å². The SMILES string of the molecule is C=Cc1cc2c(N3CCC4(CC3)CN(C(=O)OC(C)(C)C)C4)nc(OC[C@@H]3CCCN3C)nc2c(OCC)c1-c1c(C)ccc2[nH]ncc12. The standard InChI is InChI=1S/C38H49N7O4/c1-8-25-19-27-32(33(47-9-2)31(25)30-24(3)12-13-29-28(30)20-39-42-29)40-35(48-21-26-11-10-16-43(26)7)41-34(27)44-17-14-38(15-18-44)22-45(23-38)36(46)49-37(4,5)6/h8,12-13,19-20,26H,1,9-11,14-18,21-23H2,2-7H3,(H,39,42)/t26-/m0/s1. The van der Waals surface area contributed by atoms with Crippen molar-refractivity contribution in [1.29, 1.82) is 0 Å². The summed E-state index contributed by atoms with van der Waals surface area (Å²) in [6, 6.07) is 7.00. The molecule has 3 aliphatic heterocycles. The predicted molar refractivity (Wildman–Crippen MR) is 193 cm³/mol. The number of fused-ring (bicyclic) bond motifs is 2. The molecule has 2 aromatic carbocycles. The number of amides is 1. The van der Waals surface area contributed by atoms with Crippen molar-refractivity contribution < 1.29 is 19.0 Å². The van der Waals surface area contributed by atoms with Crippen molar-refractivity contribution in [2.75, 3.05) is 57.9 Å². The van der Waals surface area contributed by atoms with Crippen LogP contribution in [0.2, 0.25) is 0 Å². The molecule has 3 saturated heterocycles. The van der Waals surface area contributed by atoms with Gasteiger partial charge >= 0.3 is 12.1 Å². The number of carbonyl (C=O) groups excluding carboxylic acids is 1. The second-order valence-electron chi connectivity index (χ2n) is 15.0. The van der Waals surface area contributed by atoms with E-state index in [9.17, 15) is 4.79 Å². The zero-order valence-electron chi connectivity index (χ0n) is 29.8. The Kier molecular flexibility index (Phi) is 8.67. The van der Waals surface area contributed by atoms with Gasteiger partial charge in [-0.15, -0.1) is 0 Å². The van der Waals surface area contributed by atoms with Crippen LogP contribution in [-0.2, 0) is 4.74 Å². The van der Waals surface area contributed by atoms with Crippen LogP contribution >= 0.6 is 0 Å². The molecule has 260 valence electrons. The average molecular weight is 668 g/mol. The fourth-order valence-electron chi connectivity index (χ4n) is 7.78. The molecule has 49 heavy (non-hydrogen) atoms. The highest BCUT2D eigenvalue weighted by atomic mass is 16.6. The molecule has 0 bridgehead atoms. The van der Waals surface area contributed by atoms with Crippen molar-refractivity contribution >= 4 is 39.8 Å². The minimum Gasteiger partial charge on any atom is -0.491 e. The Morgan fingerprint density at radius 3 is 2.55 bits per heavy atom.